The summed E-state index contributed by atoms with van der Waals surface area (Å²) in [4.78, 5) is 0. The molecule has 0 amide bonds. The van der Waals surface area contributed by atoms with Gasteiger partial charge in [0.1, 0.15) is 5.76 Å². The highest BCUT2D eigenvalue weighted by molar-refractivity contribution is 5.38. The lowest BCUT2D eigenvalue weighted by atomic mass is 10.1. The van der Waals surface area contributed by atoms with Gasteiger partial charge in [-0.25, -0.2) is 0 Å². The molecular formula is C9H12O. The van der Waals surface area contributed by atoms with E-state index >= 15 is 0 Å². The van der Waals surface area contributed by atoms with E-state index in [1.807, 2.05) is 6.08 Å². The summed E-state index contributed by atoms with van der Waals surface area (Å²) in [6.07, 6.45) is 5.93. The predicted octanol–water partition coefficient (Wildman–Crippen LogP) is 2.72. The predicted molar refractivity (Wildman–Crippen MR) is 42.8 cm³/mol. The first-order valence-electron chi connectivity index (χ1n) is 3.51. The highest BCUT2D eigenvalue weighted by Gasteiger charge is 2.07. The minimum Gasteiger partial charge on any atom is -0.508 e. The molecule has 0 atom stereocenters. The van der Waals surface area contributed by atoms with E-state index in [0.29, 0.717) is 0 Å². The van der Waals surface area contributed by atoms with Crippen LogP contribution in [-0.2, 0) is 0 Å². The Morgan fingerprint density at radius 1 is 1.70 bits per heavy atom. The quantitative estimate of drug-likeness (QED) is 0.579. The molecule has 0 saturated carbocycles. The largest absolute Gasteiger partial charge is 0.508 e. The number of hydrogen-bond acceptors (Lipinski definition) is 1. The molecule has 0 heterocycles. The number of aliphatic hydroxyl groups excluding tert-OH is 1. The normalized spacial score (nSPS) is 16.5. The van der Waals surface area contributed by atoms with Gasteiger partial charge in [-0.3, -0.25) is 0 Å². The van der Waals surface area contributed by atoms with E-state index in [4.69, 9.17) is 5.11 Å². The SMILES string of the molecule is C=C(O)C1=CC=C(CC)C1. The summed E-state index contributed by atoms with van der Waals surface area (Å²) in [5.74, 6) is 0.208. The fraction of sp³-hybridized carbons (Fsp3) is 0.333. The Morgan fingerprint density at radius 2 is 2.40 bits per heavy atom. The molecule has 1 aliphatic rings. The molecule has 0 fully saturated rings. The maximum Gasteiger partial charge on any atom is 0.111 e. The van der Waals surface area contributed by atoms with E-state index in [9.17, 15) is 0 Å². The van der Waals surface area contributed by atoms with Crippen molar-refractivity contribution in [1.29, 1.82) is 0 Å². The van der Waals surface area contributed by atoms with Crippen molar-refractivity contribution in [2.45, 2.75) is 19.8 Å². The van der Waals surface area contributed by atoms with Crippen molar-refractivity contribution in [1.82, 2.24) is 0 Å². The first kappa shape index (κ1) is 7.13. The van der Waals surface area contributed by atoms with E-state index in [-0.39, 0.29) is 5.76 Å². The molecule has 0 saturated heterocycles. The van der Waals surface area contributed by atoms with Gasteiger partial charge >= 0.3 is 0 Å². The summed E-state index contributed by atoms with van der Waals surface area (Å²) < 4.78 is 0. The average Bonchev–Trinajstić information content (AvgIpc) is 2.34. The van der Waals surface area contributed by atoms with Gasteiger partial charge in [0.05, 0.1) is 0 Å². The summed E-state index contributed by atoms with van der Waals surface area (Å²) in [5, 5.41) is 8.97. The fourth-order valence-corrected chi connectivity index (χ4v) is 1.02. The molecule has 1 heteroatoms. The maximum absolute atomic E-state index is 8.97. The number of rotatable bonds is 2. The van der Waals surface area contributed by atoms with Crippen molar-refractivity contribution in [3.63, 3.8) is 0 Å². The van der Waals surface area contributed by atoms with Gasteiger partial charge in [-0.05, 0) is 18.4 Å². The number of aliphatic hydroxyl groups is 1. The summed E-state index contributed by atoms with van der Waals surface area (Å²) in [7, 11) is 0. The lowest BCUT2D eigenvalue weighted by molar-refractivity contribution is 0.424. The monoisotopic (exact) mass is 136 g/mol. The Morgan fingerprint density at radius 3 is 2.70 bits per heavy atom. The highest BCUT2D eigenvalue weighted by atomic mass is 16.3. The minimum absolute atomic E-state index is 0.208. The zero-order chi connectivity index (χ0) is 7.56. The van der Waals surface area contributed by atoms with E-state index in [1.165, 1.54) is 5.57 Å². The Hall–Kier alpha value is -0.980. The molecule has 0 aromatic heterocycles. The zero-order valence-electron chi connectivity index (χ0n) is 6.22. The fourth-order valence-electron chi connectivity index (χ4n) is 1.02. The molecule has 1 rings (SSSR count). The van der Waals surface area contributed by atoms with E-state index < -0.39 is 0 Å². The molecule has 0 radical (unpaired) electrons. The van der Waals surface area contributed by atoms with Crippen LogP contribution in [0.4, 0.5) is 0 Å². The van der Waals surface area contributed by atoms with Gasteiger partial charge in [-0.2, -0.15) is 0 Å². The van der Waals surface area contributed by atoms with Crippen LogP contribution in [0.15, 0.2) is 35.6 Å². The first-order valence-corrected chi connectivity index (χ1v) is 3.51. The van der Waals surface area contributed by atoms with Crippen molar-refractivity contribution in [3.05, 3.63) is 35.6 Å². The lowest BCUT2D eigenvalue weighted by Crippen LogP contribution is -1.84. The molecule has 1 N–H and O–H groups in total. The van der Waals surface area contributed by atoms with Gasteiger partial charge in [0.2, 0.25) is 0 Å². The van der Waals surface area contributed by atoms with Crippen LogP contribution in [0.5, 0.6) is 0 Å². The first-order chi connectivity index (χ1) is 4.74. The smallest absolute Gasteiger partial charge is 0.111 e. The van der Waals surface area contributed by atoms with Crippen LogP contribution in [0.25, 0.3) is 0 Å². The van der Waals surface area contributed by atoms with Crippen LogP contribution < -0.4 is 0 Å². The minimum atomic E-state index is 0.208. The van der Waals surface area contributed by atoms with Gasteiger partial charge in [0, 0.05) is 0 Å². The Balaban J connectivity index is 2.56. The van der Waals surface area contributed by atoms with E-state index in [2.05, 4.69) is 19.6 Å². The van der Waals surface area contributed by atoms with Crippen LogP contribution >= 0.6 is 0 Å². The molecule has 0 unspecified atom stereocenters. The summed E-state index contributed by atoms with van der Waals surface area (Å²) in [5.41, 5.74) is 2.32. The van der Waals surface area contributed by atoms with Crippen LogP contribution in [0.2, 0.25) is 0 Å². The summed E-state index contributed by atoms with van der Waals surface area (Å²) in [6, 6.07) is 0. The topological polar surface area (TPSA) is 20.2 Å². The second-order valence-electron chi connectivity index (χ2n) is 2.49. The molecule has 54 valence electrons. The molecule has 10 heavy (non-hydrogen) atoms. The molecule has 1 nitrogen and oxygen atoms in total. The third-order valence-corrected chi connectivity index (χ3v) is 1.76. The van der Waals surface area contributed by atoms with E-state index in [1.54, 1.807) is 0 Å². The summed E-state index contributed by atoms with van der Waals surface area (Å²) >= 11 is 0. The molecule has 0 aromatic rings. The molecule has 0 bridgehead atoms. The van der Waals surface area contributed by atoms with E-state index in [0.717, 1.165) is 18.4 Å². The van der Waals surface area contributed by atoms with Crippen molar-refractivity contribution in [2.24, 2.45) is 0 Å². The van der Waals surface area contributed by atoms with Gasteiger partial charge in [-0.1, -0.05) is 31.2 Å². The molecular weight excluding hydrogens is 124 g/mol. The van der Waals surface area contributed by atoms with Gasteiger partial charge in [-0.15, -0.1) is 0 Å². The average molecular weight is 136 g/mol. The van der Waals surface area contributed by atoms with Crippen LogP contribution in [0.1, 0.15) is 19.8 Å². The van der Waals surface area contributed by atoms with Crippen LogP contribution in [0.3, 0.4) is 0 Å². The molecule has 0 aromatic carbocycles. The van der Waals surface area contributed by atoms with Gasteiger partial charge in [0.15, 0.2) is 0 Å². The summed E-state index contributed by atoms with van der Waals surface area (Å²) in [6.45, 7) is 5.57. The molecule has 0 aliphatic heterocycles. The van der Waals surface area contributed by atoms with Crippen molar-refractivity contribution >= 4 is 0 Å². The van der Waals surface area contributed by atoms with Gasteiger partial charge < -0.3 is 5.11 Å². The third kappa shape index (κ3) is 1.29. The Bertz CT molecular complexity index is 209. The Labute approximate surface area is 61.4 Å². The Kier molecular flexibility index (Phi) is 1.95. The molecule has 0 spiro atoms. The standard InChI is InChI=1S/C9H12O/c1-3-8-4-5-9(6-8)7(2)10/h4-5,10H,2-3,6H2,1H3. The zero-order valence-corrected chi connectivity index (χ0v) is 6.22. The van der Waals surface area contributed by atoms with Crippen LogP contribution in [0, 0.1) is 0 Å². The number of allylic oxidation sites excluding steroid dienone is 4. The maximum atomic E-state index is 8.97. The lowest BCUT2D eigenvalue weighted by Gasteiger charge is -1.99. The second-order valence-corrected chi connectivity index (χ2v) is 2.49. The van der Waals surface area contributed by atoms with Gasteiger partial charge in [0.25, 0.3) is 0 Å². The van der Waals surface area contributed by atoms with Crippen molar-refractivity contribution < 1.29 is 5.11 Å². The third-order valence-electron chi connectivity index (χ3n) is 1.76. The van der Waals surface area contributed by atoms with Crippen molar-refractivity contribution in [3.8, 4) is 0 Å². The number of hydrogen-bond donors (Lipinski definition) is 1. The molecule has 1 aliphatic carbocycles. The highest BCUT2D eigenvalue weighted by Crippen LogP contribution is 2.24. The van der Waals surface area contributed by atoms with Crippen molar-refractivity contribution in [2.75, 3.05) is 0 Å². The second kappa shape index (κ2) is 2.74. The van der Waals surface area contributed by atoms with Crippen LogP contribution in [-0.4, -0.2) is 5.11 Å².